The zero-order valence-electron chi connectivity index (χ0n) is 25.6. The van der Waals surface area contributed by atoms with Gasteiger partial charge in [-0.3, -0.25) is 9.59 Å². The standard InChI is InChI=1S/C34H43N3O5/c1-8-24(4)37(30(27-15-11-9-13-22(27)2)31(39)35-28-16-12-10-14-23(28)3)32(40)29(36-33(41)42-34(5,6)7)21-25-17-19-26(38)20-18-25/h9-20,24,29-30,38H,8,21H2,1-7H3,(H,35,39)(H,36,41). The van der Waals surface area contributed by atoms with E-state index in [2.05, 4.69) is 10.6 Å². The van der Waals surface area contributed by atoms with E-state index in [1.807, 2.05) is 76.2 Å². The second-order valence-electron chi connectivity index (χ2n) is 11.6. The topological polar surface area (TPSA) is 108 Å². The van der Waals surface area contributed by atoms with Crippen molar-refractivity contribution in [3.8, 4) is 5.75 Å². The van der Waals surface area contributed by atoms with E-state index in [-0.39, 0.29) is 24.1 Å². The third-order valence-corrected chi connectivity index (χ3v) is 7.10. The molecule has 0 heterocycles. The summed E-state index contributed by atoms with van der Waals surface area (Å²) in [6.07, 6.45) is -0.0319. The van der Waals surface area contributed by atoms with Crippen LogP contribution in [0.15, 0.2) is 72.8 Å². The van der Waals surface area contributed by atoms with Gasteiger partial charge in [-0.2, -0.15) is 0 Å². The first-order chi connectivity index (χ1) is 19.8. The Morgan fingerprint density at radius 2 is 1.50 bits per heavy atom. The number of anilines is 1. The van der Waals surface area contributed by atoms with Gasteiger partial charge in [0, 0.05) is 18.2 Å². The lowest BCUT2D eigenvalue weighted by atomic mass is 9.95. The number of nitrogens with zero attached hydrogens (tertiary/aromatic N) is 1. The molecular formula is C34H43N3O5. The molecule has 42 heavy (non-hydrogen) atoms. The monoisotopic (exact) mass is 573 g/mol. The Balaban J connectivity index is 2.11. The maximum absolute atomic E-state index is 14.6. The summed E-state index contributed by atoms with van der Waals surface area (Å²) in [5, 5.41) is 15.6. The van der Waals surface area contributed by atoms with Gasteiger partial charge < -0.3 is 25.4 Å². The van der Waals surface area contributed by atoms with E-state index in [9.17, 15) is 19.5 Å². The minimum atomic E-state index is -1.05. The second kappa shape index (κ2) is 14.0. The molecule has 0 radical (unpaired) electrons. The van der Waals surface area contributed by atoms with Crippen molar-refractivity contribution < 1.29 is 24.2 Å². The molecule has 8 heteroatoms. The summed E-state index contributed by atoms with van der Waals surface area (Å²) < 4.78 is 5.51. The SMILES string of the molecule is CCC(C)N(C(=O)C(Cc1ccc(O)cc1)NC(=O)OC(C)(C)C)C(C(=O)Nc1ccccc1C)c1ccccc1C. The molecule has 0 spiro atoms. The number of carbonyl (C=O) groups excluding carboxylic acids is 3. The Kier molecular flexibility index (Phi) is 10.8. The van der Waals surface area contributed by atoms with Crippen LogP contribution in [0.5, 0.6) is 5.75 Å². The van der Waals surface area contributed by atoms with Crippen molar-refractivity contribution in [2.24, 2.45) is 0 Å². The number of rotatable bonds is 10. The number of alkyl carbamates (subject to hydrolysis) is 1. The first-order valence-electron chi connectivity index (χ1n) is 14.3. The Labute approximate surface area is 249 Å². The molecule has 8 nitrogen and oxygen atoms in total. The van der Waals surface area contributed by atoms with Crippen LogP contribution in [0.25, 0.3) is 0 Å². The van der Waals surface area contributed by atoms with Crippen molar-refractivity contribution in [3.05, 3.63) is 95.1 Å². The lowest BCUT2D eigenvalue weighted by Crippen LogP contribution is -2.55. The summed E-state index contributed by atoms with van der Waals surface area (Å²) in [5.74, 6) is -0.681. The predicted molar refractivity (Wildman–Crippen MR) is 165 cm³/mol. The van der Waals surface area contributed by atoms with Crippen LogP contribution in [0.3, 0.4) is 0 Å². The van der Waals surface area contributed by atoms with Crippen molar-refractivity contribution in [1.29, 1.82) is 0 Å². The van der Waals surface area contributed by atoms with Gasteiger partial charge in [0.25, 0.3) is 5.91 Å². The highest BCUT2D eigenvalue weighted by Gasteiger charge is 2.39. The fraction of sp³-hybridized carbons (Fsp3) is 0.382. The normalized spacial score (nSPS) is 13.4. The molecule has 3 rings (SSSR count). The van der Waals surface area contributed by atoms with E-state index in [0.717, 1.165) is 16.7 Å². The van der Waals surface area contributed by atoms with Gasteiger partial charge in [-0.15, -0.1) is 0 Å². The van der Waals surface area contributed by atoms with Gasteiger partial charge in [-0.05, 0) is 88.4 Å². The van der Waals surface area contributed by atoms with Gasteiger partial charge >= 0.3 is 6.09 Å². The molecule has 0 aliphatic heterocycles. The lowest BCUT2D eigenvalue weighted by molar-refractivity contribution is -0.143. The van der Waals surface area contributed by atoms with Crippen molar-refractivity contribution in [2.75, 3.05) is 5.32 Å². The van der Waals surface area contributed by atoms with Crippen molar-refractivity contribution in [1.82, 2.24) is 10.2 Å². The Morgan fingerprint density at radius 1 is 0.905 bits per heavy atom. The minimum Gasteiger partial charge on any atom is -0.508 e. The molecule has 0 aliphatic rings. The minimum absolute atomic E-state index is 0.0930. The largest absolute Gasteiger partial charge is 0.508 e. The highest BCUT2D eigenvalue weighted by molar-refractivity contribution is 5.99. The lowest BCUT2D eigenvalue weighted by Gasteiger charge is -2.38. The highest BCUT2D eigenvalue weighted by atomic mass is 16.6. The fourth-order valence-corrected chi connectivity index (χ4v) is 4.72. The molecule has 224 valence electrons. The van der Waals surface area contributed by atoms with Gasteiger partial charge in [0.15, 0.2) is 0 Å². The van der Waals surface area contributed by atoms with Crippen LogP contribution < -0.4 is 10.6 Å². The van der Waals surface area contributed by atoms with Crippen LogP contribution in [-0.4, -0.2) is 45.6 Å². The van der Waals surface area contributed by atoms with Crippen LogP contribution in [-0.2, 0) is 20.7 Å². The molecule has 0 aliphatic carbocycles. The van der Waals surface area contributed by atoms with Crippen molar-refractivity contribution in [2.45, 2.75) is 85.0 Å². The third-order valence-electron chi connectivity index (χ3n) is 7.10. The van der Waals surface area contributed by atoms with E-state index in [1.54, 1.807) is 37.8 Å². The van der Waals surface area contributed by atoms with Crippen LogP contribution in [0.2, 0.25) is 0 Å². The summed E-state index contributed by atoms with van der Waals surface area (Å²) >= 11 is 0. The first kappa shape index (κ1) is 32.2. The number of hydrogen-bond donors (Lipinski definition) is 3. The third kappa shape index (κ3) is 8.59. The number of nitrogens with one attached hydrogen (secondary N) is 2. The number of aromatic hydroxyl groups is 1. The molecule has 3 aromatic carbocycles. The zero-order chi connectivity index (χ0) is 31.0. The summed E-state index contributed by atoms with van der Waals surface area (Å²) in [6.45, 7) is 12.9. The Bertz CT molecular complexity index is 1380. The van der Waals surface area contributed by atoms with Crippen molar-refractivity contribution in [3.63, 3.8) is 0 Å². The van der Waals surface area contributed by atoms with E-state index in [1.165, 1.54) is 12.1 Å². The molecule has 0 saturated carbocycles. The van der Waals surface area contributed by atoms with Crippen LogP contribution in [0.1, 0.15) is 69.3 Å². The number of benzene rings is 3. The number of para-hydroxylation sites is 1. The molecule has 0 aromatic heterocycles. The number of phenols is 1. The van der Waals surface area contributed by atoms with Crippen molar-refractivity contribution >= 4 is 23.6 Å². The molecular weight excluding hydrogens is 530 g/mol. The molecule has 3 atom stereocenters. The van der Waals surface area contributed by atoms with Gasteiger partial charge in [0.2, 0.25) is 5.91 Å². The number of carbonyl (C=O) groups is 3. The van der Waals surface area contributed by atoms with Gasteiger partial charge in [0.1, 0.15) is 23.4 Å². The smallest absolute Gasteiger partial charge is 0.408 e. The van der Waals surface area contributed by atoms with E-state index < -0.39 is 29.7 Å². The first-order valence-corrected chi connectivity index (χ1v) is 14.3. The number of amides is 3. The fourth-order valence-electron chi connectivity index (χ4n) is 4.72. The average molecular weight is 574 g/mol. The maximum atomic E-state index is 14.6. The van der Waals surface area contributed by atoms with E-state index >= 15 is 0 Å². The number of hydrogen-bond acceptors (Lipinski definition) is 5. The molecule has 3 amide bonds. The van der Waals surface area contributed by atoms with Gasteiger partial charge in [-0.1, -0.05) is 61.5 Å². The number of aryl methyl sites for hydroxylation is 2. The summed E-state index contributed by atoms with van der Waals surface area (Å²) in [5.41, 5.74) is 3.06. The molecule has 3 aromatic rings. The molecule has 0 fully saturated rings. The summed E-state index contributed by atoms with van der Waals surface area (Å²) in [4.78, 5) is 43.3. The van der Waals surface area contributed by atoms with E-state index in [0.29, 0.717) is 17.7 Å². The molecule has 3 N–H and O–H groups in total. The van der Waals surface area contributed by atoms with E-state index in [4.69, 9.17) is 4.74 Å². The van der Waals surface area contributed by atoms with Crippen LogP contribution in [0.4, 0.5) is 10.5 Å². The summed E-state index contributed by atoms with van der Waals surface area (Å²) in [7, 11) is 0. The van der Waals surface area contributed by atoms with Crippen LogP contribution in [0, 0.1) is 13.8 Å². The quantitative estimate of drug-likeness (QED) is 0.258. The number of ether oxygens (including phenoxy) is 1. The van der Waals surface area contributed by atoms with Gasteiger partial charge in [0.05, 0.1) is 0 Å². The Hall–Kier alpha value is -4.33. The highest BCUT2D eigenvalue weighted by Crippen LogP contribution is 2.30. The maximum Gasteiger partial charge on any atom is 0.408 e. The molecule has 0 bridgehead atoms. The van der Waals surface area contributed by atoms with Crippen LogP contribution >= 0.6 is 0 Å². The predicted octanol–water partition coefficient (Wildman–Crippen LogP) is 6.45. The van der Waals surface area contributed by atoms with Gasteiger partial charge in [-0.25, -0.2) is 4.79 Å². The zero-order valence-corrected chi connectivity index (χ0v) is 25.6. The molecule has 0 saturated heterocycles. The number of phenolic OH excluding ortho intramolecular Hbond substituents is 1. The average Bonchev–Trinajstić information content (AvgIpc) is 2.92. The molecule has 3 unspecified atom stereocenters. The summed E-state index contributed by atoms with van der Waals surface area (Å²) in [6, 6.07) is 19.1. The Morgan fingerprint density at radius 3 is 2.07 bits per heavy atom. The second-order valence-corrected chi connectivity index (χ2v) is 11.6.